The summed E-state index contributed by atoms with van der Waals surface area (Å²) in [6.07, 6.45) is 0. The minimum Gasteiger partial charge on any atom is -0.422 e. The van der Waals surface area contributed by atoms with E-state index in [9.17, 15) is 18.4 Å². The van der Waals surface area contributed by atoms with E-state index in [-0.39, 0.29) is 16.3 Å². The summed E-state index contributed by atoms with van der Waals surface area (Å²) in [7, 11) is 0. The van der Waals surface area contributed by atoms with E-state index in [0.717, 1.165) is 12.1 Å². The van der Waals surface area contributed by atoms with Gasteiger partial charge in [0.15, 0.2) is 0 Å². The van der Waals surface area contributed by atoms with Gasteiger partial charge in [0.05, 0.1) is 11.1 Å². The van der Waals surface area contributed by atoms with Crippen LogP contribution >= 0.6 is 23.2 Å². The van der Waals surface area contributed by atoms with Gasteiger partial charge in [0, 0.05) is 11.1 Å². The van der Waals surface area contributed by atoms with E-state index >= 15 is 0 Å². The summed E-state index contributed by atoms with van der Waals surface area (Å²) in [4.78, 5) is 23.1. The summed E-state index contributed by atoms with van der Waals surface area (Å²) in [5.74, 6) is -3.17. The standard InChI is InChI=1S/C14H6Cl2F2O3/c15-7-1-3-9(13(16)19)12(5-7)21-14(20)10-6-8(17)2-4-11(10)18/h1-6H. The molecule has 0 amide bonds. The zero-order valence-corrected chi connectivity index (χ0v) is 11.7. The molecule has 108 valence electrons. The first-order chi connectivity index (χ1) is 9.88. The van der Waals surface area contributed by atoms with Gasteiger partial charge in [-0.1, -0.05) is 11.6 Å². The van der Waals surface area contributed by atoms with Gasteiger partial charge < -0.3 is 4.74 Å². The molecule has 21 heavy (non-hydrogen) atoms. The predicted octanol–water partition coefficient (Wildman–Crippen LogP) is 4.22. The van der Waals surface area contributed by atoms with Gasteiger partial charge in [0.2, 0.25) is 0 Å². The third-order valence-corrected chi connectivity index (χ3v) is 2.95. The van der Waals surface area contributed by atoms with Gasteiger partial charge in [0.25, 0.3) is 5.24 Å². The smallest absolute Gasteiger partial charge is 0.346 e. The first-order valence-electron chi connectivity index (χ1n) is 5.55. The Hall–Kier alpha value is -1.98. The molecule has 0 aliphatic heterocycles. The van der Waals surface area contributed by atoms with Crippen LogP contribution in [0.4, 0.5) is 8.78 Å². The van der Waals surface area contributed by atoms with Crippen LogP contribution in [-0.2, 0) is 0 Å². The minimum absolute atomic E-state index is 0.119. The molecule has 2 aromatic carbocycles. The lowest BCUT2D eigenvalue weighted by Crippen LogP contribution is -2.12. The normalized spacial score (nSPS) is 10.3. The Bertz CT molecular complexity index is 732. The first kappa shape index (κ1) is 15.4. The fraction of sp³-hybridized carbons (Fsp3) is 0. The number of carbonyl (C=O) groups is 2. The van der Waals surface area contributed by atoms with E-state index in [1.165, 1.54) is 18.2 Å². The average molecular weight is 331 g/mol. The highest BCUT2D eigenvalue weighted by molar-refractivity contribution is 6.68. The molecule has 0 aliphatic carbocycles. The summed E-state index contributed by atoms with van der Waals surface area (Å²) in [6, 6.07) is 6.13. The van der Waals surface area contributed by atoms with Crippen molar-refractivity contribution < 1.29 is 23.1 Å². The van der Waals surface area contributed by atoms with Gasteiger partial charge >= 0.3 is 5.97 Å². The monoisotopic (exact) mass is 330 g/mol. The maximum Gasteiger partial charge on any atom is 0.346 e. The van der Waals surface area contributed by atoms with Gasteiger partial charge in [0.1, 0.15) is 17.4 Å². The SMILES string of the molecule is O=C(Oc1cc(Cl)ccc1C(=O)Cl)c1cc(F)ccc1F. The fourth-order valence-corrected chi connectivity index (χ4v) is 1.87. The van der Waals surface area contributed by atoms with Crippen molar-refractivity contribution in [3.8, 4) is 5.75 Å². The number of halogens is 4. The second-order valence-electron chi connectivity index (χ2n) is 3.93. The molecule has 2 rings (SSSR count). The van der Waals surface area contributed by atoms with Gasteiger partial charge in [-0.25, -0.2) is 13.6 Å². The van der Waals surface area contributed by atoms with Crippen molar-refractivity contribution in [3.63, 3.8) is 0 Å². The van der Waals surface area contributed by atoms with E-state index in [1.54, 1.807) is 0 Å². The lowest BCUT2D eigenvalue weighted by molar-refractivity contribution is 0.0728. The van der Waals surface area contributed by atoms with Crippen molar-refractivity contribution in [2.45, 2.75) is 0 Å². The zero-order valence-electron chi connectivity index (χ0n) is 10.2. The molecule has 0 radical (unpaired) electrons. The van der Waals surface area contributed by atoms with Crippen LogP contribution in [-0.4, -0.2) is 11.2 Å². The molecule has 0 saturated heterocycles. The maximum absolute atomic E-state index is 13.5. The number of hydrogen-bond donors (Lipinski definition) is 0. The molecule has 7 heteroatoms. The molecule has 3 nitrogen and oxygen atoms in total. The third-order valence-electron chi connectivity index (χ3n) is 2.51. The lowest BCUT2D eigenvalue weighted by Gasteiger charge is -2.08. The molecule has 0 N–H and O–H groups in total. The maximum atomic E-state index is 13.5. The van der Waals surface area contributed by atoms with Crippen molar-refractivity contribution in [3.05, 3.63) is 64.2 Å². The van der Waals surface area contributed by atoms with Crippen molar-refractivity contribution in [2.24, 2.45) is 0 Å². The fourth-order valence-electron chi connectivity index (χ4n) is 1.55. The van der Waals surface area contributed by atoms with Gasteiger partial charge in [-0.05, 0) is 41.9 Å². The van der Waals surface area contributed by atoms with Gasteiger partial charge in [-0.3, -0.25) is 4.79 Å². The highest BCUT2D eigenvalue weighted by Crippen LogP contribution is 2.26. The highest BCUT2D eigenvalue weighted by Gasteiger charge is 2.19. The van der Waals surface area contributed by atoms with Crippen LogP contribution in [0.15, 0.2) is 36.4 Å². The number of rotatable bonds is 3. The second kappa shape index (κ2) is 6.20. The van der Waals surface area contributed by atoms with Crippen molar-refractivity contribution in [2.75, 3.05) is 0 Å². The van der Waals surface area contributed by atoms with Crippen LogP contribution in [0.25, 0.3) is 0 Å². The van der Waals surface area contributed by atoms with Crippen molar-refractivity contribution >= 4 is 34.4 Å². The van der Waals surface area contributed by atoms with Crippen LogP contribution in [0.5, 0.6) is 5.75 Å². The quantitative estimate of drug-likeness (QED) is 0.481. The van der Waals surface area contributed by atoms with Gasteiger partial charge in [-0.2, -0.15) is 0 Å². The topological polar surface area (TPSA) is 43.4 Å². The Morgan fingerprint density at radius 2 is 1.71 bits per heavy atom. The summed E-state index contributed by atoms with van der Waals surface area (Å²) in [5.41, 5.74) is -0.728. The molecule has 2 aromatic rings. The average Bonchev–Trinajstić information content (AvgIpc) is 2.41. The van der Waals surface area contributed by atoms with Crippen molar-refractivity contribution in [1.82, 2.24) is 0 Å². The van der Waals surface area contributed by atoms with Gasteiger partial charge in [-0.15, -0.1) is 0 Å². The van der Waals surface area contributed by atoms with E-state index < -0.39 is 28.4 Å². The summed E-state index contributed by atoms with van der Waals surface area (Å²) in [5, 5.41) is -0.701. The molecule has 0 bridgehead atoms. The van der Waals surface area contributed by atoms with Crippen LogP contribution < -0.4 is 4.74 Å². The zero-order chi connectivity index (χ0) is 15.6. The number of ether oxygens (including phenoxy) is 1. The van der Waals surface area contributed by atoms with E-state index in [0.29, 0.717) is 6.07 Å². The van der Waals surface area contributed by atoms with Crippen LogP contribution in [0.2, 0.25) is 5.02 Å². The van der Waals surface area contributed by atoms with Crippen LogP contribution in [0, 0.1) is 11.6 Å². The second-order valence-corrected chi connectivity index (χ2v) is 4.71. The predicted molar refractivity (Wildman–Crippen MR) is 73.0 cm³/mol. The number of benzene rings is 2. The van der Waals surface area contributed by atoms with Crippen molar-refractivity contribution in [1.29, 1.82) is 0 Å². The van der Waals surface area contributed by atoms with Crippen LogP contribution in [0.3, 0.4) is 0 Å². The minimum atomic E-state index is -1.17. The molecular formula is C14H6Cl2F2O3. The molecule has 0 heterocycles. The Balaban J connectivity index is 2.38. The van der Waals surface area contributed by atoms with Crippen LogP contribution in [0.1, 0.15) is 20.7 Å². The molecule has 0 aliphatic rings. The molecule has 0 fully saturated rings. The summed E-state index contributed by atoms with van der Waals surface area (Å²) >= 11 is 11.1. The molecule has 0 saturated carbocycles. The Morgan fingerprint density at radius 1 is 1.00 bits per heavy atom. The first-order valence-corrected chi connectivity index (χ1v) is 6.30. The lowest BCUT2D eigenvalue weighted by atomic mass is 10.2. The number of hydrogen-bond acceptors (Lipinski definition) is 3. The number of carbonyl (C=O) groups excluding carboxylic acids is 2. The molecule has 0 unspecified atom stereocenters. The summed E-state index contributed by atoms with van der Waals surface area (Å²) in [6.45, 7) is 0. The Labute approximate surface area is 128 Å². The highest BCUT2D eigenvalue weighted by atomic mass is 35.5. The Kier molecular flexibility index (Phi) is 4.55. The molecule has 0 aromatic heterocycles. The molecular weight excluding hydrogens is 325 g/mol. The van der Waals surface area contributed by atoms with E-state index in [2.05, 4.69) is 0 Å². The third kappa shape index (κ3) is 3.56. The number of esters is 1. The molecule has 0 atom stereocenters. The Morgan fingerprint density at radius 3 is 2.38 bits per heavy atom. The summed E-state index contributed by atoms with van der Waals surface area (Å²) < 4.78 is 31.4. The largest absolute Gasteiger partial charge is 0.422 e. The molecule has 0 spiro atoms. The van der Waals surface area contributed by atoms with E-state index in [1.807, 2.05) is 0 Å². The van der Waals surface area contributed by atoms with E-state index in [4.69, 9.17) is 27.9 Å².